The van der Waals surface area contributed by atoms with Gasteiger partial charge in [-0.25, -0.2) is 4.39 Å². The van der Waals surface area contributed by atoms with E-state index >= 15 is 0 Å². The first-order valence-electron chi connectivity index (χ1n) is 4.78. The van der Waals surface area contributed by atoms with Crippen molar-refractivity contribution in [3.05, 3.63) is 29.6 Å². The Balaban J connectivity index is 3.00. The van der Waals surface area contributed by atoms with Crippen molar-refractivity contribution >= 4 is 5.78 Å². The number of rotatable bonds is 4. The van der Waals surface area contributed by atoms with Crippen molar-refractivity contribution in [2.24, 2.45) is 5.92 Å². The van der Waals surface area contributed by atoms with Gasteiger partial charge >= 0.3 is 0 Å². The number of ketones is 1. The predicted octanol–water partition coefficient (Wildman–Crippen LogP) is 2.07. The molecule has 1 aromatic rings. The average Bonchev–Trinajstić information content (AvgIpc) is 2.35. The molecule has 0 atom stereocenters. The second-order valence-electron chi connectivity index (χ2n) is 3.28. The van der Waals surface area contributed by atoms with Crippen molar-refractivity contribution in [3.63, 3.8) is 0 Å². The molecule has 1 rings (SSSR count). The smallest absolute Gasteiger partial charge is 0.169 e. The maximum absolute atomic E-state index is 13.0. The summed E-state index contributed by atoms with van der Waals surface area (Å²) in [5.41, 5.74) is 0.0444. The van der Waals surface area contributed by atoms with Gasteiger partial charge in [0.15, 0.2) is 5.78 Å². The molecule has 1 aromatic carbocycles. The van der Waals surface area contributed by atoms with E-state index in [0.29, 0.717) is 0 Å². The molecular weight excluding hydrogens is 223 g/mol. The summed E-state index contributed by atoms with van der Waals surface area (Å²) in [6, 6.07) is 6.91. The maximum Gasteiger partial charge on any atom is 0.169 e. The van der Waals surface area contributed by atoms with Crippen molar-refractivity contribution < 1.29 is 13.9 Å². The summed E-state index contributed by atoms with van der Waals surface area (Å²) >= 11 is 0. The van der Waals surface area contributed by atoms with Gasteiger partial charge in [-0.1, -0.05) is 0 Å². The quantitative estimate of drug-likeness (QED) is 0.745. The third-order valence-corrected chi connectivity index (χ3v) is 2.16. The Bertz CT molecular complexity index is 500. The van der Waals surface area contributed by atoms with Crippen LogP contribution in [0.1, 0.15) is 16.8 Å². The van der Waals surface area contributed by atoms with E-state index in [1.54, 1.807) is 12.1 Å². The highest BCUT2D eigenvalue weighted by Crippen LogP contribution is 2.22. The van der Waals surface area contributed by atoms with Crippen LogP contribution in [-0.4, -0.2) is 12.9 Å². The molecule has 17 heavy (non-hydrogen) atoms. The van der Waals surface area contributed by atoms with Crippen molar-refractivity contribution in [2.75, 3.05) is 7.11 Å². The van der Waals surface area contributed by atoms with E-state index in [1.165, 1.54) is 19.2 Å². The molecular formula is C12H9FN2O2. The van der Waals surface area contributed by atoms with Gasteiger partial charge in [0.2, 0.25) is 0 Å². The highest BCUT2D eigenvalue weighted by atomic mass is 19.1. The normalized spacial score (nSPS) is 9.47. The van der Waals surface area contributed by atoms with Gasteiger partial charge in [-0.3, -0.25) is 4.79 Å². The Labute approximate surface area is 97.8 Å². The van der Waals surface area contributed by atoms with Gasteiger partial charge in [-0.2, -0.15) is 10.5 Å². The summed E-state index contributed by atoms with van der Waals surface area (Å²) in [6.07, 6.45) is -0.271. The number of carbonyl (C=O) groups excluding carboxylic acids is 1. The van der Waals surface area contributed by atoms with E-state index in [2.05, 4.69) is 0 Å². The molecule has 0 unspecified atom stereocenters. The van der Waals surface area contributed by atoms with E-state index in [4.69, 9.17) is 15.3 Å². The molecule has 0 aliphatic rings. The molecule has 0 fully saturated rings. The molecule has 0 saturated carbocycles. The summed E-state index contributed by atoms with van der Waals surface area (Å²) < 4.78 is 17.9. The Hall–Kier alpha value is -2.40. The first-order valence-corrected chi connectivity index (χ1v) is 4.78. The summed E-state index contributed by atoms with van der Waals surface area (Å²) in [5.74, 6) is -1.87. The standard InChI is InChI=1S/C12H9FN2O2/c1-17-12-3-2-9(13)5-10(12)11(16)4-8(6-14)7-15/h2-3,5,8H,4H2,1H3. The number of Topliss-reactive ketones (excluding diaryl/α,β-unsaturated/α-hetero) is 1. The van der Waals surface area contributed by atoms with Gasteiger partial charge in [-0.05, 0) is 18.2 Å². The van der Waals surface area contributed by atoms with Gasteiger partial charge < -0.3 is 4.74 Å². The molecule has 0 spiro atoms. The van der Waals surface area contributed by atoms with Crippen molar-refractivity contribution in [2.45, 2.75) is 6.42 Å². The minimum Gasteiger partial charge on any atom is -0.496 e. The number of nitrogens with zero attached hydrogens (tertiary/aromatic N) is 2. The lowest BCUT2D eigenvalue weighted by atomic mass is 10.00. The third-order valence-electron chi connectivity index (χ3n) is 2.16. The fourth-order valence-corrected chi connectivity index (χ4v) is 1.31. The average molecular weight is 232 g/mol. The zero-order valence-electron chi connectivity index (χ0n) is 9.11. The summed E-state index contributed by atoms with van der Waals surface area (Å²) in [7, 11) is 1.36. The predicted molar refractivity (Wildman–Crippen MR) is 56.6 cm³/mol. The highest BCUT2D eigenvalue weighted by molar-refractivity contribution is 5.99. The molecule has 0 aliphatic heterocycles. The molecule has 86 valence electrons. The second kappa shape index (κ2) is 5.62. The van der Waals surface area contributed by atoms with Crippen LogP contribution in [0.4, 0.5) is 4.39 Å². The fourth-order valence-electron chi connectivity index (χ4n) is 1.31. The lowest BCUT2D eigenvalue weighted by Crippen LogP contribution is -2.07. The van der Waals surface area contributed by atoms with Crippen LogP contribution in [0.15, 0.2) is 18.2 Å². The van der Waals surface area contributed by atoms with Crippen LogP contribution in [0.25, 0.3) is 0 Å². The first-order chi connectivity index (χ1) is 8.12. The topological polar surface area (TPSA) is 73.9 Å². The van der Waals surface area contributed by atoms with Crippen LogP contribution in [0, 0.1) is 34.4 Å². The zero-order valence-corrected chi connectivity index (χ0v) is 9.11. The van der Waals surface area contributed by atoms with Crippen LogP contribution in [0.3, 0.4) is 0 Å². The number of nitriles is 2. The van der Waals surface area contributed by atoms with E-state index in [9.17, 15) is 9.18 Å². The van der Waals surface area contributed by atoms with Crippen LogP contribution < -0.4 is 4.74 Å². The van der Waals surface area contributed by atoms with Crippen LogP contribution in [0.2, 0.25) is 0 Å². The van der Waals surface area contributed by atoms with Gasteiger partial charge in [0, 0.05) is 6.42 Å². The molecule has 0 saturated heterocycles. The Morgan fingerprint density at radius 1 is 1.47 bits per heavy atom. The van der Waals surface area contributed by atoms with E-state index in [0.717, 1.165) is 6.07 Å². The maximum atomic E-state index is 13.0. The Morgan fingerprint density at radius 3 is 2.65 bits per heavy atom. The molecule has 0 aliphatic carbocycles. The number of benzene rings is 1. The van der Waals surface area contributed by atoms with Crippen LogP contribution in [-0.2, 0) is 0 Å². The second-order valence-corrected chi connectivity index (χ2v) is 3.28. The monoisotopic (exact) mass is 232 g/mol. The lowest BCUT2D eigenvalue weighted by molar-refractivity contribution is 0.0973. The zero-order chi connectivity index (χ0) is 12.8. The van der Waals surface area contributed by atoms with Crippen molar-refractivity contribution in [1.82, 2.24) is 0 Å². The fraction of sp³-hybridized carbons (Fsp3) is 0.250. The highest BCUT2D eigenvalue weighted by Gasteiger charge is 2.18. The Kier molecular flexibility index (Phi) is 4.19. The molecule has 0 heterocycles. The van der Waals surface area contributed by atoms with Gasteiger partial charge in [-0.15, -0.1) is 0 Å². The number of ether oxygens (including phenoxy) is 1. The van der Waals surface area contributed by atoms with Crippen LogP contribution >= 0.6 is 0 Å². The minimum atomic E-state index is -1.03. The van der Waals surface area contributed by atoms with E-state index in [1.807, 2.05) is 0 Å². The molecule has 5 heteroatoms. The van der Waals surface area contributed by atoms with Crippen molar-refractivity contribution in [1.29, 1.82) is 10.5 Å². The van der Waals surface area contributed by atoms with Crippen molar-refractivity contribution in [3.8, 4) is 17.9 Å². The van der Waals surface area contributed by atoms with Crippen LogP contribution in [0.5, 0.6) is 5.75 Å². The van der Waals surface area contributed by atoms with Gasteiger partial charge in [0.25, 0.3) is 0 Å². The van der Waals surface area contributed by atoms with E-state index < -0.39 is 17.5 Å². The van der Waals surface area contributed by atoms with Gasteiger partial charge in [0.05, 0.1) is 24.8 Å². The SMILES string of the molecule is COc1ccc(F)cc1C(=O)CC(C#N)C#N. The van der Waals surface area contributed by atoms with Gasteiger partial charge in [0.1, 0.15) is 17.5 Å². The third kappa shape index (κ3) is 3.02. The number of hydrogen-bond acceptors (Lipinski definition) is 4. The molecule has 4 nitrogen and oxygen atoms in total. The summed E-state index contributed by atoms with van der Waals surface area (Å²) in [4.78, 5) is 11.8. The molecule has 0 aromatic heterocycles. The lowest BCUT2D eigenvalue weighted by Gasteiger charge is -2.07. The molecule has 0 amide bonds. The largest absolute Gasteiger partial charge is 0.496 e. The summed E-state index contributed by atoms with van der Waals surface area (Å²) in [6.45, 7) is 0. The number of carbonyl (C=O) groups is 1. The first kappa shape index (κ1) is 12.7. The molecule has 0 radical (unpaired) electrons. The summed E-state index contributed by atoms with van der Waals surface area (Å²) in [5, 5.41) is 17.1. The number of halogens is 1. The number of hydrogen-bond donors (Lipinski definition) is 0. The Morgan fingerprint density at radius 2 is 2.12 bits per heavy atom. The molecule has 0 bridgehead atoms. The minimum absolute atomic E-state index is 0.0444. The van der Waals surface area contributed by atoms with E-state index in [-0.39, 0.29) is 17.7 Å². The molecule has 0 N–H and O–H groups in total. The number of methoxy groups -OCH3 is 1.